The van der Waals surface area contributed by atoms with E-state index in [1.807, 2.05) is 0 Å². The summed E-state index contributed by atoms with van der Waals surface area (Å²) in [5.74, 6) is -0.611. The van der Waals surface area contributed by atoms with E-state index in [1.165, 1.54) is 6.07 Å². The van der Waals surface area contributed by atoms with Gasteiger partial charge in [0, 0.05) is 0 Å². The fraction of sp³-hybridized carbons (Fsp3) is 0.250. The number of aliphatic hydroxyl groups is 1. The smallest absolute Gasteiger partial charge is 0.267 e. The largest absolute Gasteiger partial charge is 0.505 e. The van der Waals surface area contributed by atoms with Crippen LogP contribution >= 0.6 is 0 Å². The van der Waals surface area contributed by atoms with Crippen LogP contribution in [0.15, 0.2) is 6.20 Å². The third-order valence-corrected chi connectivity index (χ3v) is 1.66. The van der Waals surface area contributed by atoms with Gasteiger partial charge in [0.05, 0.1) is 24.1 Å². The molecule has 0 saturated carbocycles. The predicted octanol–water partition coefficient (Wildman–Crippen LogP) is 1.09. The van der Waals surface area contributed by atoms with Gasteiger partial charge in [-0.2, -0.15) is 5.26 Å². The van der Waals surface area contributed by atoms with Crippen LogP contribution in [0.2, 0.25) is 0 Å². The molecule has 14 heavy (non-hydrogen) atoms. The molecule has 6 heteroatoms. The zero-order valence-corrected chi connectivity index (χ0v) is 6.91. The van der Waals surface area contributed by atoms with Crippen molar-refractivity contribution in [3.8, 4) is 11.8 Å². The molecule has 1 aromatic rings. The van der Waals surface area contributed by atoms with E-state index in [-0.39, 0.29) is 5.69 Å². The number of hydrogen-bond donors (Lipinski definition) is 2. The van der Waals surface area contributed by atoms with Gasteiger partial charge in [-0.15, -0.1) is 0 Å². The van der Waals surface area contributed by atoms with Gasteiger partial charge in [-0.3, -0.25) is 4.98 Å². The Morgan fingerprint density at radius 1 is 1.57 bits per heavy atom. The topological polar surface area (TPSA) is 77.1 Å². The number of halogens is 2. The highest BCUT2D eigenvalue weighted by Gasteiger charge is 2.21. The lowest BCUT2D eigenvalue weighted by molar-refractivity contribution is 0.145. The van der Waals surface area contributed by atoms with Gasteiger partial charge in [-0.1, -0.05) is 0 Å². The molecule has 0 atom stereocenters. The van der Waals surface area contributed by atoms with Crippen molar-refractivity contribution in [2.45, 2.75) is 13.0 Å². The number of alkyl halides is 2. The maximum absolute atomic E-state index is 12.4. The van der Waals surface area contributed by atoms with E-state index in [1.54, 1.807) is 0 Å². The predicted molar refractivity (Wildman–Crippen MR) is 41.5 cm³/mol. The summed E-state index contributed by atoms with van der Waals surface area (Å²) in [6.07, 6.45) is -2.10. The number of hydrogen-bond acceptors (Lipinski definition) is 4. The lowest BCUT2D eigenvalue weighted by atomic mass is 10.1. The van der Waals surface area contributed by atoms with Crippen molar-refractivity contribution in [2.24, 2.45) is 0 Å². The molecule has 0 unspecified atom stereocenters. The first-order valence-electron chi connectivity index (χ1n) is 3.61. The van der Waals surface area contributed by atoms with Crippen LogP contribution in [0.1, 0.15) is 23.2 Å². The van der Waals surface area contributed by atoms with Crippen LogP contribution in [0.3, 0.4) is 0 Å². The van der Waals surface area contributed by atoms with Crippen molar-refractivity contribution < 1.29 is 19.0 Å². The summed E-state index contributed by atoms with van der Waals surface area (Å²) in [6.45, 7) is -0.700. The zero-order chi connectivity index (χ0) is 10.7. The van der Waals surface area contributed by atoms with E-state index in [2.05, 4.69) is 4.98 Å². The standard InChI is InChI=1S/C8H6F2N2O2/c9-8(10)7-4(1-11)6(14)2-12-5(7)3-13/h2,8,13-14H,3H2. The molecular formula is C8H6F2N2O2. The molecule has 1 aromatic heterocycles. The summed E-state index contributed by atoms with van der Waals surface area (Å²) >= 11 is 0. The van der Waals surface area contributed by atoms with E-state index in [0.29, 0.717) is 0 Å². The van der Waals surface area contributed by atoms with Gasteiger partial charge in [-0.25, -0.2) is 8.78 Å². The van der Waals surface area contributed by atoms with E-state index in [4.69, 9.17) is 15.5 Å². The molecule has 0 saturated heterocycles. The Labute approximate surface area is 78.1 Å². The van der Waals surface area contributed by atoms with Crippen molar-refractivity contribution in [1.29, 1.82) is 5.26 Å². The maximum atomic E-state index is 12.4. The molecule has 0 aliphatic heterocycles. The van der Waals surface area contributed by atoms with Gasteiger partial charge in [0.15, 0.2) is 5.75 Å². The fourth-order valence-corrected chi connectivity index (χ4v) is 1.03. The second kappa shape index (κ2) is 3.98. The number of aromatic hydroxyl groups is 1. The summed E-state index contributed by atoms with van der Waals surface area (Å²) in [5.41, 5.74) is -1.55. The first-order chi connectivity index (χ1) is 6.61. The van der Waals surface area contributed by atoms with Gasteiger partial charge in [0.25, 0.3) is 6.43 Å². The minimum absolute atomic E-state index is 0.297. The number of rotatable bonds is 2. The molecule has 0 bridgehead atoms. The Morgan fingerprint density at radius 3 is 2.64 bits per heavy atom. The molecule has 1 rings (SSSR count). The second-order valence-electron chi connectivity index (χ2n) is 2.45. The van der Waals surface area contributed by atoms with Crippen molar-refractivity contribution in [3.05, 3.63) is 23.0 Å². The van der Waals surface area contributed by atoms with Gasteiger partial charge >= 0.3 is 0 Å². The van der Waals surface area contributed by atoms with Crippen LogP contribution in [0.5, 0.6) is 5.75 Å². The Hall–Kier alpha value is -1.74. The van der Waals surface area contributed by atoms with Gasteiger partial charge in [-0.05, 0) is 0 Å². The monoisotopic (exact) mass is 200 g/mol. The summed E-state index contributed by atoms with van der Waals surface area (Å²) in [6, 6.07) is 1.44. The third-order valence-electron chi connectivity index (χ3n) is 1.66. The van der Waals surface area contributed by atoms with Crippen LogP contribution in [0.4, 0.5) is 8.78 Å². The van der Waals surface area contributed by atoms with Crippen LogP contribution < -0.4 is 0 Å². The molecule has 0 aliphatic carbocycles. The molecule has 0 radical (unpaired) electrons. The summed E-state index contributed by atoms with van der Waals surface area (Å²) in [7, 11) is 0. The minimum atomic E-state index is -2.95. The van der Waals surface area contributed by atoms with Crippen molar-refractivity contribution >= 4 is 0 Å². The number of nitriles is 1. The van der Waals surface area contributed by atoms with Crippen molar-refractivity contribution in [2.75, 3.05) is 0 Å². The van der Waals surface area contributed by atoms with Crippen molar-refractivity contribution in [1.82, 2.24) is 4.98 Å². The Morgan fingerprint density at radius 2 is 2.21 bits per heavy atom. The first-order valence-corrected chi connectivity index (χ1v) is 3.61. The first kappa shape index (κ1) is 10.3. The van der Waals surface area contributed by atoms with Crippen LogP contribution in [-0.4, -0.2) is 15.2 Å². The molecule has 4 nitrogen and oxygen atoms in total. The zero-order valence-electron chi connectivity index (χ0n) is 6.91. The molecule has 0 amide bonds. The minimum Gasteiger partial charge on any atom is -0.505 e. The molecule has 0 aromatic carbocycles. The van der Waals surface area contributed by atoms with E-state index >= 15 is 0 Å². The summed E-state index contributed by atoms with van der Waals surface area (Å²) in [4.78, 5) is 3.40. The average molecular weight is 200 g/mol. The van der Waals surface area contributed by atoms with E-state index in [0.717, 1.165) is 6.20 Å². The van der Waals surface area contributed by atoms with Crippen LogP contribution in [0.25, 0.3) is 0 Å². The molecule has 1 heterocycles. The molecule has 0 spiro atoms. The molecule has 2 N–H and O–H groups in total. The van der Waals surface area contributed by atoms with E-state index in [9.17, 15) is 8.78 Å². The van der Waals surface area contributed by atoms with Gasteiger partial charge < -0.3 is 10.2 Å². The van der Waals surface area contributed by atoms with Gasteiger partial charge in [0.1, 0.15) is 11.6 Å². The summed E-state index contributed by atoms with van der Waals surface area (Å²) < 4.78 is 24.9. The lowest BCUT2D eigenvalue weighted by Gasteiger charge is -2.08. The van der Waals surface area contributed by atoms with Crippen LogP contribution in [0, 0.1) is 11.3 Å². The average Bonchev–Trinajstić information content (AvgIpc) is 2.17. The SMILES string of the molecule is N#Cc1c(O)cnc(CO)c1C(F)F. The normalized spacial score (nSPS) is 10.2. The summed E-state index contributed by atoms with van der Waals surface area (Å²) in [5, 5.41) is 26.3. The molecule has 0 aliphatic rings. The lowest BCUT2D eigenvalue weighted by Crippen LogP contribution is -2.02. The van der Waals surface area contributed by atoms with Crippen LogP contribution in [-0.2, 0) is 6.61 Å². The molecular weight excluding hydrogens is 194 g/mol. The molecule has 0 fully saturated rings. The number of aromatic nitrogens is 1. The Balaban J connectivity index is 3.46. The van der Waals surface area contributed by atoms with Gasteiger partial charge in [0.2, 0.25) is 0 Å². The highest BCUT2D eigenvalue weighted by atomic mass is 19.3. The highest BCUT2D eigenvalue weighted by Crippen LogP contribution is 2.30. The Kier molecular flexibility index (Phi) is 2.94. The number of pyridine rings is 1. The highest BCUT2D eigenvalue weighted by molar-refractivity contribution is 5.49. The maximum Gasteiger partial charge on any atom is 0.267 e. The number of aliphatic hydroxyl groups excluding tert-OH is 1. The van der Waals surface area contributed by atoms with Crippen molar-refractivity contribution in [3.63, 3.8) is 0 Å². The quantitative estimate of drug-likeness (QED) is 0.749. The third kappa shape index (κ3) is 1.63. The van der Waals surface area contributed by atoms with E-state index < -0.39 is 29.9 Å². The Bertz CT molecular complexity index is 388. The second-order valence-corrected chi connectivity index (χ2v) is 2.45. The molecule has 74 valence electrons. The fourth-order valence-electron chi connectivity index (χ4n) is 1.03. The number of nitrogens with zero attached hydrogens (tertiary/aromatic N) is 2.